The molecule has 21 heavy (non-hydrogen) atoms. The summed E-state index contributed by atoms with van der Waals surface area (Å²) >= 11 is 0. The molecule has 0 atom stereocenters. The molecule has 7 heteroatoms. The summed E-state index contributed by atoms with van der Waals surface area (Å²) < 4.78 is 1.50. The number of anilines is 1. The van der Waals surface area contributed by atoms with Gasteiger partial charge in [0.25, 0.3) is 0 Å². The Bertz CT molecular complexity index is 651. The highest BCUT2D eigenvalue weighted by molar-refractivity contribution is 5.93. The van der Waals surface area contributed by atoms with Crippen molar-refractivity contribution in [2.75, 3.05) is 18.4 Å². The smallest absolute Gasteiger partial charge is 0.356 e. The number of aromatic nitrogens is 2. The maximum Gasteiger partial charge on any atom is 0.356 e. The second kappa shape index (κ2) is 6.74. The molecule has 1 amide bonds. The average Bonchev–Trinajstić information content (AvgIpc) is 2.83. The van der Waals surface area contributed by atoms with E-state index in [2.05, 4.69) is 15.6 Å². The van der Waals surface area contributed by atoms with E-state index in [1.165, 1.54) is 4.40 Å². The number of pyridine rings is 1. The molecule has 2 heterocycles. The van der Waals surface area contributed by atoms with Gasteiger partial charge in [-0.2, -0.15) is 0 Å². The molecular weight excluding hydrogens is 272 g/mol. The van der Waals surface area contributed by atoms with Gasteiger partial charge in [-0.15, -0.1) is 0 Å². The molecule has 0 saturated heterocycles. The molecular formula is C14H18N4O3. The van der Waals surface area contributed by atoms with Gasteiger partial charge in [-0.05, 0) is 18.6 Å². The quantitative estimate of drug-likeness (QED) is 0.715. The number of hydrogen-bond acceptors (Lipinski definition) is 4. The van der Waals surface area contributed by atoms with Crippen molar-refractivity contribution in [3.8, 4) is 0 Å². The Morgan fingerprint density at radius 1 is 1.33 bits per heavy atom. The van der Waals surface area contributed by atoms with Gasteiger partial charge in [-0.25, -0.2) is 9.78 Å². The Labute approximate surface area is 122 Å². The lowest BCUT2D eigenvalue weighted by Gasteiger charge is -2.05. The van der Waals surface area contributed by atoms with Crippen LogP contribution in [-0.2, 0) is 4.79 Å². The summed E-state index contributed by atoms with van der Waals surface area (Å²) in [5.41, 5.74) is 0.618. The van der Waals surface area contributed by atoms with Crippen LogP contribution in [-0.4, -0.2) is 39.5 Å². The zero-order valence-corrected chi connectivity index (χ0v) is 11.8. The molecule has 0 aliphatic rings. The first-order chi connectivity index (χ1) is 10.1. The molecule has 112 valence electrons. The van der Waals surface area contributed by atoms with Crippen LogP contribution in [0.25, 0.3) is 5.65 Å². The molecule has 0 spiro atoms. The summed E-state index contributed by atoms with van der Waals surface area (Å²) in [7, 11) is 0. The number of hydrogen-bond donors (Lipinski definition) is 3. The minimum atomic E-state index is -1.06. The van der Waals surface area contributed by atoms with Crippen molar-refractivity contribution in [1.82, 2.24) is 14.7 Å². The van der Waals surface area contributed by atoms with Gasteiger partial charge < -0.3 is 15.7 Å². The highest BCUT2D eigenvalue weighted by atomic mass is 16.4. The predicted octanol–water partition coefficient (Wildman–Crippen LogP) is 1.36. The predicted molar refractivity (Wildman–Crippen MR) is 78.6 cm³/mol. The largest absolute Gasteiger partial charge is 0.476 e. The van der Waals surface area contributed by atoms with Crippen LogP contribution in [0.2, 0.25) is 0 Å². The molecule has 2 aromatic heterocycles. The number of carboxylic acids is 1. The maximum atomic E-state index is 11.5. The fourth-order valence-electron chi connectivity index (χ4n) is 1.97. The summed E-state index contributed by atoms with van der Waals surface area (Å²) in [5.74, 6) is -0.853. The number of nitrogens with zero attached hydrogens (tertiary/aromatic N) is 2. The summed E-state index contributed by atoms with van der Waals surface area (Å²) in [6, 6.07) is 5.25. The third-order valence-corrected chi connectivity index (χ3v) is 2.95. The van der Waals surface area contributed by atoms with Crippen LogP contribution in [0.3, 0.4) is 0 Å². The van der Waals surface area contributed by atoms with Gasteiger partial charge in [0.2, 0.25) is 5.91 Å². The van der Waals surface area contributed by atoms with E-state index < -0.39 is 5.97 Å². The number of amides is 1. The Morgan fingerprint density at radius 2 is 2.14 bits per heavy atom. The number of aromatic carboxylic acids is 1. The van der Waals surface area contributed by atoms with Crippen molar-refractivity contribution < 1.29 is 14.7 Å². The van der Waals surface area contributed by atoms with E-state index in [1.807, 2.05) is 6.92 Å². The van der Waals surface area contributed by atoms with E-state index in [0.717, 1.165) is 6.42 Å². The molecule has 0 radical (unpaired) electrons. The van der Waals surface area contributed by atoms with E-state index in [-0.39, 0.29) is 23.8 Å². The van der Waals surface area contributed by atoms with Gasteiger partial charge in [0.1, 0.15) is 5.65 Å². The number of carbonyl (C=O) groups is 2. The highest BCUT2D eigenvalue weighted by Crippen LogP contribution is 2.17. The van der Waals surface area contributed by atoms with Crippen molar-refractivity contribution in [2.45, 2.75) is 19.8 Å². The first-order valence-corrected chi connectivity index (χ1v) is 6.84. The van der Waals surface area contributed by atoms with Gasteiger partial charge in [0, 0.05) is 25.7 Å². The van der Waals surface area contributed by atoms with Gasteiger partial charge in [0.05, 0.1) is 0 Å². The van der Waals surface area contributed by atoms with Crippen LogP contribution >= 0.6 is 0 Å². The van der Waals surface area contributed by atoms with Crippen molar-refractivity contribution in [3.63, 3.8) is 0 Å². The molecule has 0 saturated carbocycles. The lowest BCUT2D eigenvalue weighted by molar-refractivity contribution is -0.120. The Kier molecular flexibility index (Phi) is 4.76. The highest BCUT2D eigenvalue weighted by Gasteiger charge is 2.18. The van der Waals surface area contributed by atoms with Gasteiger partial charge >= 0.3 is 5.97 Å². The minimum Gasteiger partial charge on any atom is -0.476 e. The summed E-state index contributed by atoms with van der Waals surface area (Å²) in [4.78, 5) is 27.1. The van der Waals surface area contributed by atoms with Gasteiger partial charge in [0.15, 0.2) is 11.5 Å². The number of nitrogens with one attached hydrogen (secondary N) is 2. The van der Waals surface area contributed by atoms with Crippen molar-refractivity contribution in [2.24, 2.45) is 0 Å². The van der Waals surface area contributed by atoms with E-state index >= 15 is 0 Å². The standard InChI is InChI=1S/C14H18N4O3/c1-2-7-15-11(19)6-8-16-13-12(14(20)21)18-9-4-3-5-10(18)17-13/h3-5,9,16H,2,6-8H2,1H3,(H,15,19)(H,20,21). The normalized spacial score (nSPS) is 10.5. The van der Waals surface area contributed by atoms with Crippen molar-refractivity contribution in [3.05, 3.63) is 30.1 Å². The number of carboxylic acid groups (broad SMARTS) is 1. The van der Waals surface area contributed by atoms with Crippen LogP contribution < -0.4 is 10.6 Å². The SMILES string of the molecule is CCCNC(=O)CCNc1nc2ccccn2c1C(=O)O. The zero-order valence-electron chi connectivity index (χ0n) is 11.8. The fraction of sp³-hybridized carbons (Fsp3) is 0.357. The minimum absolute atomic E-state index is 0.0648. The number of rotatable bonds is 7. The van der Waals surface area contributed by atoms with Crippen LogP contribution in [0.5, 0.6) is 0 Å². The topological polar surface area (TPSA) is 95.7 Å². The number of carbonyl (C=O) groups excluding carboxylic acids is 1. The van der Waals surface area contributed by atoms with Gasteiger partial charge in [-0.1, -0.05) is 13.0 Å². The van der Waals surface area contributed by atoms with Crippen LogP contribution in [0.4, 0.5) is 5.82 Å². The zero-order chi connectivity index (χ0) is 15.2. The first-order valence-electron chi connectivity index (χ1n) is 6.84. The molecule has 0 bridgehead atoms. The number of fused-ring (bicyclic) bond motifs is 1. The lowest BCUT2D eigenvalue weighted by Crippen LogP contribution is -2.26. The van der Waals surface area contributed by atoms with Crippen molar-refractivity contribution >= 4 is 23.3 Å². The van der Waals surface area contributed by atoms with E-state index in [0.29, 0.717) is 18.7 Å². The molecule has 0 fully saturated rings. The third-order valence-electron chi connectivity index (χ3n) is 2.95. The molecule has 0 aromatic carbocycles. The van der Waals surface area contributed by atoms with Crippen molar-refractivity contribution in [1.29, 1.82) is 0 Å². The van der Waals surface area contributed by atoms with E-state index in [4.69, 9.17) is 0 Å². The fourth-order valence-corrected chi connectivity index (χ4v) is 1.97. The summed E-state index contributed by atoms with van der Waals surface area (Å²) in [6.07, 6.45) is 2.80. The van der Waals surface area contributed by atoms with E-state index in [9.17, 15) is 14.7 Å². The lowest BCUT2D eigenvalue weighted by atomic mass is 10.3. The third kappa shape index (κ3) is 3.50. The van der Waals surface area contributed by atoms with E-state index in [1.54, 1.807) is 24.4 Å². The Hall–Kier alpha value is -2.57. The van der Waals surface area contributed by atoms with Crippen LogP contribution in [0.15, 0.2) is 24.4 Å². The molecule has 7 nitrogen and oxygen atoms in total. The molecule has 0 aliphatic heterocycles. The molecule has 0 unspecified atom stereocenters. The summed E-state index contributed by atoms with van der Waals surface area (Å²) in [5, 5.41) is 15.0. The molecule has 2 rings (SSSR count). The van der Waals surface area contributed by atoms with Gasteiger partial charge in [-0.3, -0.25) is 9.20 Å². The maximum absolute atomic E-state index is 11.5. The van der Waals surface area contributed by atoms with Crippen LogP contribution in [0.1, 0.15) is 30.3 Å². The van der Waals surface area contributed by atoms with Crippen LogP contribution in [0, 0.1) is 0 Å². The second-order valence-electron chi connectivity index (χ2n) is 4.57. The monoisotopic (exact) mass is 290 g/mol. The second-order valence-corrected chi connectivity index (χ2v) is 4.57. The molecule has 0 aliphatic carbocycles. The average molecular weight is 290 g/mol. The first kappa shape index (κ1) is 14.8. The Balaban J connectivity index is 2.06. The Morgan fingerprint density at radius 3 is 2.86 bits per heavy atom. The molecule has 2 aromatic rings. The molecule has 3 N–H and O–H groups in total. The number of imidazole rings is 1. The summed E-state index contributed by atoms with van der Waals surface area (Å²) in [6.45, 7) is 2.96.